The van der Waals surface area contributed by atoms with E-state index in [4.69, 9.17) is 4.52 Å². The highest BCUT2D eigenvalue weighted by Crippen LogP contribution is 2.27. The van der Waals surface area contributed by atoms with E-state index in [1.54, 1.807) is 13.8 Å². The molecule has 154 valence electrons. The van der Waals surface area contributed by atoms with E-state index in [-0.39, 0.29) is 23.4 Å². The quantitative estimate of drug-likeness (QED) is 0.721. The van der Waals surface area contributed by atoms with E-state index in [0.29, 0.717) is 12.5 Å². The average Bonchev–Trinajstić information content (AvgIpc) is 3.09. The van der Waals surface area contributed by atoms with Crippen molar-refractivity contribution in [2.45, 2.75) is 50.8 Å². The summed E-state index contributed by atoms with van der Waals surface area (Å²) in [5.41, 5.74) is 0.204. The molecule has 2 N–H and O–H groups in total. The van der Waals surface area contributed by atoms with E-state index in [1.807, 2.05) is 0 Å². The Bertz CT molecular complexity index is 889. The molecule has 1 fully saturated rings. The van der Waals surface area contributed by atoms with Gasteiger partial charge in [-0.15, -0.1) is 0 Å². The first-order chi connectivity index (χ1) is 13.2. The van der Waals surface area contributed by atoms with Crippen molar-refractivity contribution in [1.82, 2.24) is 14.9 Å². The molecule has 10 heteroatoms. The van der Waals surface area contributed by atoms with E-state index in [9.17, 15) is 17.2 Å². The Morgan fingerprint density at radius 2 is 1.79 bits per heavy atom. The number of aromatic nitrogens is 2. The standard InChI is InChI=1S/C18H24F2N4O3S/c1-11(2)28(25,26)21-10-12-3-5-16(6-4-12)22-18-23-17(24-27-18)13-7-14(19)9-15(20)8-13/h7-9,11-12,16,21H,3-6,10H2,1-2H3,(H,22,23,24). The maximum absolute atomic E-state index is 13.3. The Hall–Kier alpha value is -2.07. The number of sulfonamides is 1. The van der Waals surface area contributed by atoms with E-state index >= 15 is 0 Å². The monoisotopic (exact) mass is 414 g/mol. The highest BCUT2D eigenvalue weighted by molar-refractivity contribution is 7.90. The zero-order chi connectivity index (χ0) is 20.3. The van der Waals surface area contributed by atoms with Crippen LogP contribution < -0.4 is 10.0 Å². The lowest BCUT2D eigenvalue weighted by Crippen LogP contribution is -2.37. The van der Waals surface area contributed by atoms with Gasteiger partial charge in [0, 0.05) is 24.2 Å². The molecule has 1 aromatic heterocycles. The molecule has 0 atom stereocenters. The van der Waals surface area contributed by atoms with Gasteiger partial charge in [0.25, 0.3) is 0 Å². The molecule has 1 heterocycles. The van der Waals surface area contributed by atoms with Gasteiger partial charge in [0.15, 0.2) is 0 Å². The zero-order valence-corrected chi connectivity index (χ0v) is 16.6. The molecule has 3 rings (SSSR count). The van der Waals surface area contributed by atoms with Crippen molar-refractivity contribution in [2.75, 3.05) is 11.9 Å². The second kappa shape index (κ2) is 8.52. The van der Waals surface area contributed by atoms with Gasteiger partial charge in [-0.2, -0.15) is 4.98 Å². The largest absolute Gasteiger partial charge is 0.335 e. The predicted octanol–water partition coefficient (Wildman–Crippen LogP) is 3.31. The van der Waals surface area contributed by atoms with Crippen LogP contribution >= 0.6 is 0 Å². The van der Waals surface area contributed by atoms with Gasteiger partial charge in [-0.25, -0.2) is 21.9 Å². The summed E-state index contributed by atoms with van der Waals surface area (Å²) in [5, 5.41) is 6.47. The predicted molar refractivity (Wildman–Crippen MR) is 101 cm³/mol. The summed E-state index contributed by atoms with van der Waals surface area (Å²) >= 11 is 0. The van der Waals surface area contributed by atoms with Crippen LogP contribution in [0.3, 0.4) is 0 Å². The molecule has 0 aliphatic heterocycles. The van der Waals surface area contributed by atoms with Crippen LogP contribution in [0.5, 0.6) is 0 Å². The first-order valence-corrected chi connectivity index (χ1v) is 10.8. The van der Waals surface area contributed by atoms with Crippen molar-refractivity contribution in [3.63, 3.8) is 0 Å². The third kappa shape index (κ3) is 5.26. The van der Waals surface area contributed by atoms with E-state index in [2.05, 4.69) is 20.2 Å². The van der Waals surface area contributed by atoms with Crippen molar-refractivity contribution < 1.29 is 21.7 Å². The highest BCUT2D eigenvalue weighted by Gasteiger charge is 2.25. The third-order valence-electron chi connectivity index (χ3n) is 4.91. The molecular formula is C18H24F2N4O3S. The number of hydrogen-bond acceptors (Lipinski definition) is 6. The number of nitrogens with one attached hydrogen (secondary N) is 2. The minimum Gasteiger partial charge on any atom is -0.335 e. The van der Waals surface area contributed by atoms with Crippen molar-refractivity contribution in [3.05, 3.63) is 29.8 Å². The van der Waals surface area contributed by atoms with Gasteiger partial charge in [-0.3, -0.25) is 0 Å². The number of hydrogen-bond donors (Lipinski definition) is 2. The van der Waals surface area contributed by atoms with Crippen LogP contribution in [-0.4, -0.2) is 36.4 Å². The molecule has 7 nitrogen and oxygen atoms in total. The fourth-order valence-corrected chi connectivity index (χ4v) is 3.97. The van der Waals surface area contributed by atoms with Crippen molar-refractivity contribution in [3.8, 4) is 11.4 Å². The summed E-state index contributed by atoms with van der Waals surface area (Å²) in [6.45, 7) is 3.75. The van der Waals surface area contributed by atoms with Gasteiger partial charge >= 0.3 is 6.01 Å². The summed E-state index contributed by atoms with van der Waals surface area (Å²) in [7, 11) is -3.24. The Labute approximate surface area is 163 Å². The lowest BCUT2D eigenvalue weighted by Gasteiger charge is -2.28. The smallest absolute Gasteiger partial charge is 0.322 e. The number of nitrogens with zero attached hydrogens (tertiary/aromatic N) is 2. The number of halogens is 2. The van der Waals surface area contributed by atoms with Crippen molar-refractivity contribution >= 4 is 16.0 Å². The SMILES string of the molecule is CC(C)S(=O)(=O)NCC1CCC(Nc2nc(-c3cc(F)cc(F)c3)no2)CC1. The fourth-order valence-electron chi connectivity index (χ4n) is 3.17. The molecule has 0 bridgehead atoms. The van der Waals surface area contributed by atoms with Gasteiger partial charge in [-0.1, -0.05) is 5.16 Å². The lowest BCUT2D eigenvalue weighted by molar-refractivity contribution is 0.330. The molecule has 0 radical (unpaired) electrons. The highest BCUT2D eigenvalue weighted by atomic mass is 32.2. The molecule has 1 aliphatic rings. The van der Waals surface area contributed by atoms with Crippen molar-refractivity contribution in [2.24, 2.45) is 5.92 Å². The number of anilines is 1. The summed E-state index contributed by atoms with van der Waals surface area (Å²) in [6.07, 6.45) is 3.41. The Kier molecular flexibility index (Phi) is 6.29. The van der Waals surface area contributed by atoms with Gasteiger partial charge < -0.3 is 9.84 Å². The molecule has 1 aromatic carbocycles. The molecule has 0 amide bonds. The lowest BCUT2D eigenvalue weighted by atomic mass is 9.86. The summed E-state index contributed by atoms with van der Waals surface area (Å²) in [6, 6.07) is 3.38. The van der Waals surface area contributed by atoms with Gasteiger partial charge in [-0.05, 0) is 57.6 Å². The second-order valence-electron chi connectivity index (χ2n) is 7.39. The molecule has 1 saturated carbocycles. The molecule has 1 aliphatic carbocycles. The van der Waals surface area contributed by atoms with Crippen LogP contribution in [-0.2, 0) is 10.0 Å². The molecule has 2 aromatic rings. The number of rotatable bonds is 7. The maximum atomic E-state index is 13.3. The van der Waals surface area contributed by atoms with Crippen LogP contribution in [0, 0.1) is 17.6 Å². The summed E-state index contributed by atoms with van der Waals surface area (Å²) in [4.78, 5) is 4.15. The van der Waals surface area contributed by atoms with Gasteiger partial charge in [0.2, 0.25) is 15.8 Å². The van der Waals surface area contributed by atoms with Gasteiger partial charge in [0.1, 0.15) is 11.6 Å². The molecule has 28 heavy (non-hydrogen) atoms. The van der Waals surface area contributed by atoms with Crippen LogP contribution in [0.2, 0.25) is 0 Å². The first kappa shape index (κ1) is 20.7. The first-order valence-electron chi connectivity index (χ1n) is 9.28. The Morgan fingerprint density at radius 1 is 1.14 bits per heavy atom. The molecular weight excluding hydrogens is 390 g/mol. The number of benzene rings is 1. The summed E-state index contributed by atoms with van der Waals surface area (Å²) in [5.74, 6) is -1.01. The fraction of sp³-hybridized carbons (Fsp3) is 0.556. The minimum atomic E-state index is -3.24. The van der Waals surface area contributed by atoms with Gasteiger partial charge in [0.05, 0.1) is 5.25 Å². The van der Waals surface area contributed by atoms with Crippen molar-refractivity contribution in [1.29, 1.82) is 0 Å². The topological polar surface area (TPSA) is 97.1 Å². The van der Waals surface area contributed by atoms with Crippen LogP contribution in [0.1, 0.15) is 39.5 Å². The minimum absolute atomic E-state index is 0.109. The average molecular weight is 414 g/mol. The van der Waals surface area contributed by atoms with E-state index < -0.39 is 26.9 Å². The van der Waals surface area contributed by atoms with Crippen LogP contribution in [0.25, 0.3) is 11.4 Å². The van der Waals surface area contributed by atoms with E-state index in [1.165, 1.54) is 0 Å². The molecule has 0 spiro atoms. The zero-order valence-electron chi connectivity index (χ0n) is 15.8. The Balaban J connectivity index is 1.51. The Morgan fingerprint density at radius 3 is 2.39 bits per heavy atom. The second-order valence-corrected chi connectivity index (χ2v) is 9.71. The van der Waals surface area contributed by atoms with E-state index in [0.717, 1.165) is 43.9 Å². The maximum Gasteiger partial charge on any atom is 0.322 e. The third-order valence-corrected chi connectivity index (χ3v) is 6.73. The normalized spacial score (nSPS) is 20.5. The van der Waals surface area contributed by atoms with Crippen LogP contribution in [0.15, 0.2) is 22.7 Å². The molecule has 0 unspecified atom stereocenters. The van der Waals surface area contributed by atoms with Crippen LogP contribution in [0.4, 0.5) is 14.8 Å². The molecule has 0 saturated heterocycles. The summed E-state index contributed by atoms with van der Waals surface area (Å²) < 4.78 is 58.1.